The SMILES string of the molecule is CCCCc1ccc(NC(=O)C2(C)Oc3ccc(Cl)cc3NC2=O)cc1. The van der Waals surface area contributed by atoms with Crippen LogP contribution in [0.25, 0.3) is 0 Å². The molecule has 2 aromatic rings. The normalized spacial score (nSPS) is 18.5. The molecule has 0 spiro atoms. The molecule has 1 atom stereocenters. The molecule has 2 amide bonds. The standard InChI is InChI=1S/C20H21ClN2O3/c1-3-4-5-13-6-9-15(10-7-13)22-18(24)20(2)19(25)23-16-12-14(21)8-11-17(16)26-20/h6-12H,3-5H2,1-2H3,(H,22,24)(H,23,25). The Bertz CT molecular complexity index is 835. The van der Waals surface area contributed by atoms with Gasteiger partial charge in [-0.2, -0.15) is 0 Å². The average Bonchev–Trinajstić information content (AvgIpc) is 2.62. The summed E-state index contributed by atoms with van der Waals surface area (Å²) in [5, 5.41) is 5.91. The molecule has 136 valence electrons. The van der Waals surface area contributed by atoms with Crippen molar-refractivity contribution in [3.8, 4) is 5.75 Å². The molecule has 1 unspecified atom stereocenters. The highest BCUT2D eigenvalue weighted by atomic mass is 35.5. The van der Waals surface area contributed by atoms with Gasteiger partial charge in [-0.1, -0.05) is 37.1 Å². The van der Waals surface area contributed by atoms with Gasteiger partial charge in [0.2, 0.25) is 0 Å². The third-order valence-electron chi connectivity index (χ3n) is 4.40. The lowest BCUT2D eigenvalue weighted by molar-refractivity contribution is -0.143. The first-order chi connectivity index (χ1) is 12.4. The molecule has 0 aliphatic carbocycles. The van der Waals surface area contributed by atoms with Crippen molar-refractivity contribution in [2.45, 2.75) is 38.7 Å². The van der Waals surface area contributed by atoms with Crippen molar-refractivity contribution in [3.05, 3.63) is 53.1 Å². The van der Waals surface area contributed by atoms with E-state index in [2.05, 4.69) is 17.6 Å². The number of rotatable bonds is 5. The summed E-state index contributed by atoms with van der Waals surface area (Å²) in [5.74, 6) is -0.664. The Labute approximate surface area is 157 Å². The van der Waals surface area contributed by atoms with Crippen molar-refractivity contribution in [1.82, 2.24) is 0 Å². The second-order valence-electron chi connectivity index (χ2n) is 6.48. The number of hydrogen-bond donors (Lipinski definition) is 2. The Hall–Kier alpha value is -2.53. The minimum Gasteiger partial charge on any atom is -0.466 e. The van der Waals surface area contributed by atoms with Crippen LogP contribution in [0.1, 0.15) is 32.3 Å². The minimum absolute atomic E-state index is 0.404. The molecule has 5 nitrogen and oxygen atoms in total. The molecule has 0 fully saturated rings. The number of hydrogen-bond acceptors (Lipinski definition) is 3. The highest BCUT2D eigenvalue weighted by Gasteiger charge is 2.47. The van der Waals surface area contributed by atoms with Crippen LogP contribution in [0.2, 0.25) is 5.02 Å². The zero-order valence-electron chi connectivity index (χ0n) is 14.8. The van der Waals surface area contributed by atoms with Gasteiger partial charge in [0, 0.05) is 10.7 Å². The fraction of sp³-hybridized carbons (Fsp3) is 0.300. The fourth-order valence-electron chi connectivity index (χ4n) is 2.73. The molecular formula is C20H21ClN2O3. The Morgan fingerprint density at radius 1 is 1.23 bits per heavy atom. The summed E-state index contributed by atoms with van der Waals surface area (Å²) in [6, 6.07) is 12.5. The first kappa shape index (κ1) is 18.3. The molecule has 0 bridgehead atoms. The van der Waals surface area contributed by atoms with Crippen LogP contribution in [0.4, 0.5) is 11.4 Å². The molecule has 1 aliphatic heterocycles. The van der Waals surface area contributed by atoms with Gasteiger partial charge in [-0.3, -0.25) is 9.59 Å². The van der Waals surface area contributed by atoms with Crippen molar-refractivity contribution >= 4 is 34.8 Å². The second kappa shape index (κ2) is 7.38. The van der Waals surface area contributed by atoms with Gasteiger partial charge in [-0.05, 0) is 55.7 Å². The van der Waals surface area contributed by atoms with E-state index >= 15 is 0 Å². The van der Waals surface area contributed by atoms with E-state index in [0.29, 0.717) is 22.1 Å². The minimum atomic E-state index is -1.66. The van der Waals surface area contributed by atoms with E-state index in [0.717, 1.165) is 19.3 Å². The lowest BCUT2D eigenvalue weighted by Crippen LogP contribution is -2.56. The Morgan fingerprint density at radius 2 is 1.96 bits per heavy atom. The average molecular weight is 373 g/mol. The number of fused-ring (bicyclic) bond motifs is 1. The number of unbranched alkanes of at least 4 members (excludes halogenated alkanes) is 1. The third kappa shape index (κ3) is 3.68. The predicted octanol–water partition coefficient (Wildman–Crippen LogP) is 4.41. The van der Waals surface area contributed by atoms with E-state index in [9.17, 15) is 9.59 Å². The van der Waals surface area contributed by atoms with Gasteiger partial charge in [0.25, 0.3) is 17.4 Å². The first-order valence-corrected chi connectivity index (χ1v) is 9.00. The molecule has 1 heterocycles. The molecule has 6 heteroatoms. The van der Waals surface area contributed by atoms with Gasteiger partial charge in [-0.15, -0.1) is 0 Å². The highest BCUT2D eigenvalue weighted by Crippen LogP contribution is 2.36. The van der Waals surface area contributed by atoms with E-state index in [4.69, 9.17) is 16.3 Å². The molecule has 2 N–H and O–H groups in total. The fourth-order valence-corrected chi connectivity index (χ4v) is 2.90. The summed E-state index contributed by atoms with van der Waals surface area (Å²) in [6.07, 6.45) is 3.27. The molecule has 1 aliphatic rings. The van der Waals surface area contributed by atoms with Gasteiger partial charge in [0.15, 0.2) is 0 Å². The number of anilines is 2. The number of carbonyl (C=O) groups is 2. The van der Waals surface area contributed by atoms with E-state index in [1.807, 2.05) is 24.3 Å². The van der Waals surface area contributed by atoms with Crippen molar-refractivity contribution in [2.24, 2.45) is 0 Å². The van der Waals surface area contributed by atoms with Crippen molar-refractivity contribution in [1.29, 1.82) is 0 Å². The van der Waals surface area contributed by atoms with Gasteiger partial charge in [-0.25, -0.2) is 0 Å². The summed E-state index contributed by atoms with van der Waals surface area (Å²) in [4.78, 5) is 25.2. The van der Waals surface area contributed by atoms with Crippen molar-refractivity contribution in [2.75, 3.05) is 10.6 Å². The predicted molar refractivity (Wildman–Crippen MR) is 103 cm³/mol. The maximum Gasteiger partial charge on any atom is 0.278 e. The number of nitrogens with one attached hydrogen (secondary N) is 2. The van der Waals surface area contributed by atoms with Crippen LogP contribution in [0.5, 0.6) is 5.75 Å². The van der Waals surface area contributed by atoms with Crippen LogP contribution >= 0.6 is 11.6 Å². The molecular weight excluding hydrogens is 352 g/mol. The van der Waals surface area contributed by atoms with Crippen LogP contribution < -0.4 is 15.4 Å². The lowest BCUT2D eigenvalue weighted by atomic mass is 10.0. The van der Waals surface area contributed by atoms with Crippen molar-refractivity contribution in [3.63, 3.8) is 0 Å². The van der Waals surface area contributed by atoms with Crippen LogP contribution in [-0.4, -0.2) is 17.4 Å². The van der Waals surface area contributed by atoms with Crippen molar-refractivity contribution < 1.29 is 14.3 Å². The van der Waals surface area contributed by atoms with Gasteiger partial charge in [0.1, 0.15) is 5.75 Å². The first-order valence-electron chi connectivity index (χ1n) is 8.63. The second-order valence-corrected chi connectivity index (χ2v) is 6.92. The van der Waals surface area contributed by atoms with E-state index < -0.39 is 17.4 Å². The largest absolute Gasteiger partial charge is 0.466 e. The van der Waals surface area contributed by atoms with Gasteiger partial charge < -0.3 is 15.4 Å². The van der Waals surface area contributed by atoms with Crippen LogP contribution in [0.3, 0.4) is 0 Å². The highest BCUT2D eigenvalue weighted by molar-refractivity contribution is 6.31. The Balaban J connectivity index is 1.74. The Morgan fingerprint density at radius 3 is 2.65 bits per heavy atom. The molecule has 0 radical (unpaired) electrons. The number of halogens is 1. The number of benzene rings is 2. The van der Waals surface area contributed by atoms with Crippen LogP contribution in [0, 0.1) is 0 Å². The Kier molecular flexibility index (Phi) is 5.18. The maximum atomic E-state index is 12.7. The molecule has 2 aromatic carbocycles. The van der Waals surface area contributed by atoms with Crippen LogP contribution in [0.15, 0.2) is 42.5 Å². The quantitative estimate of drug-likeness (QED) is 0.764. The smallest absolute Gasteiger partial charge is 0.278 e. The monoisotopic (exact) mass is 372 g/mol. The van der Waals surface area contributed by atoms with Gasteiger partial charge >= 0.3 is 0 Å². The summed E-state index contributed by atoms with van der Waals surface area (Å²) < 4.78 is 5.71. The van der Waals surface area contributed by atoms with E-state index in [-0.39, 0.29) is 0 Å². The molecule has 0 aromatic heterocycles. The summed E-state index contributed by atoms with van der Waals surface area (Å²) in [6.45, 7) is 3.60. The number of amides is 2. The number of ether oxygens (including phenoxy) is 1. The summed E-state index contributed by atoms with van der Waals surface area (Å²) >= 11 is 5.92. The summed E-state index contributed by atoms with van der Waals surface area (Å²) in [5.41, 5.74) is 0.623. The topological polar surface area (TPSA) is 67.4 Å². The maximum absolute atomic E-state index is 12.7. The van der Waals surface area contributed by atoms with Gasteiger partial charge in [0.05, 0.1) is 5.69 Å². The third-order valence-corrected chi connectivity index (χ3v) is 4.64. The molecule has 3 rings (SSSR count). The summed E-state index contributed by atoms with van der Waals surface area (Å²) in [7, 11) is 0. The molecule has 0 saturated heterocycles. The molecule has 26 heavy (non-hydrogen) atoms. The zero-order chi connectivity index (χ0) is 18.7. The molecule has 0 saturated carbocycles. The zero-order valence-corrected chi connectivity index (χ0v) is 15.5. The van der Waals surface area contributed by atoms with E-state index in [1.165, 1.54) is 12.5 Å². The number of carbonyl (C=O) groups excluding carboxylic acids is 2. The van der Waals surface area contributed by atoms with E-state index in [1.54, 1.807) is 18.2 Å². The number of aryl methyl sites for hydroxylation is 1. The van der Waals surface area contributed by atoms with Crippen LogP contribution in [-0.2, 0) is 16.0 Å². The lowest BCUT2D eigenvalue weighted by Gasteiger charge is -2.33.